The van der Waals surface area contributed by atoms with Crippen LogP contribution in [0.25, 0.3) is 0 Å². The van der Waals surface area contributed by atoms with Crippen LogP contribution in [0.1, 0.15) is 6.92 Å². The van der Waals surface area contributed by atoms with E-state index in [9.17, 15) is 26.9 Å². The maximum atomic E-state index is 12.9. The van der Waals surface area contributed by atoms with E-state index < -0.39 is 39.4 Å². The summed E-state index contributed by atoms with van der Waals surface area (Å²) in [5.41, 5.74) is -0.473. The van der Waals surface area contributed by atoms with Crippen molar-refractivity contribution in [3.63, 3.8) is 0 Å². The maximum absolute atomic E-state index is 12.9. The van der Waals surface area contributed by atoms with E-state index in [0.29, 0.717) is 6.26 Å². The molecule has 0 heterocycles. The number of nitro benzene ring substituents is 1. The summed E-state index contributed by atoms with van der Waals surface area (Å²) >= 11 is 0. The first kappa shape index (κ1) is 19.6. The van der Waals surface area contributed by atoms with Gasteiger partial charge in [-0.05, 0) is 25.1 Å². The lowest BCUT2D eigenvalue weighted by Gasteiger charge is -2.11. The molecule has 0 aliphatic carbocycles. The van der Waals surface area contributed by atoms with Gasteiger partial charge in [0, 0.05) is 12.1 Å². The summed E-state index contributed by atoms with van der Waals surface area (Å²) in [5.74, 6) is 0. The number of sulfone groups is 2. The second-order valence-electron chi connectivity index (χ2n) is 4.97. The normalized spacial score (nSPS) is 12.6. The van der Waals surface area contributed by atoms with Crippen LogP contribution in [0.3, 0.4) is 0 Å². The fourth-order valence-corrected chi connectivity index (χ4v) is 5.65. The van der Waals surface area contributed by atoms with Crippen LogP contribution in [0.5, 0.6) is 0 Å². The van der Waals surface area contributed by atoms with E-state index in [1.54, 1.807) is 13.0 Å². The number of nitro groups is 1. The van der Waals surface area contributed by atoms with Crippen molar-refractivity contribution < 1.29 is 26.5 Å². The van der Waals surface area contributed by atoms with Gasteiger partial charge in [0.25, 0.3) is 5.69 Å². The van der Waals surface area contributed by atoms with Crippen LogP contribution in [-0.4, -0.2) is 28.4 Å². The van der Waals surface area contributed by atoms with Crippen molar-refractivity contribution in [2.24, 2.45) is 0 Å². The average Bonchev–Trinajstić information content (AvgIpc) is 2.62. The molecule has 0 aliphatic rings. The largest absolute Gasteiger partial charge is 0.499 e. The standard InChI is InChI=1S/C16H15NO7S2/c1-2-24-12-16(25(20,21)14-8-4-3-5-9-14)26(22,23)15-10-6-7-13(11-15)17(18)19/h3-12H,2H2,1H3. The minimum atomic E-state index is -4.59. The van der Waals surface area contributed by atoms with Gasteiger partial charge in [0.1, 0.15) is 6.26 Å². The first-order valence-corrected chi connectivity index (χ1v) is 10.3. The van der Waals surface area contributed by atoms with Crippen molar-refractivity contribution >= 4 is 25.4 Å². The number of ether oxygens (including phenoxy) is 1. The van der Waals surface area contributed by atoms with Gasteiger partial charge in [0.2, 0.25) is 23.9 Å². The van der Waals surface area contributed by atoms with E-state index in [1.165, 1.54) is 30.3 Å². The molecular formula is C16H15NO7S2. The number of rotatable bonds is 7. The molecule has 0 saturated heterocycles. The van der Waals surface area contributed by atoms with Gasteiger partial charge in [-0.1, -0.05) is 24.3 Å². The SMILES string of the molecule is CCOC=C(S(=O)(=O)c1ccccc1)S(=O)(=O)c1cccc([N+](=O)[O-])c1. The molecule has 26 heavy (non-hydrogen) atoms. The summed E-state index contributed by atoms with van der Waals surface area (Å²) in [6, 6.07) is 11.1. The second-order valence-corrected chi connectivity index (χ2v) is 9.06. The van der Waals surface area contributed by atoms with Crippen molar-refractivity contribution in [3.05, 3.63) is 75.2 Å². The number of nitrogens with zero attached hydrogens (tertiary/aromatic N) is 1. The van der Waals surface area contributed by atoms with E-state index in [0.717, 1.165) is 18.2 Å². The predicted molar refractivity (Wildman–Crippen MR) is 93.6 cm³/mol. The number of non-ortho nitro benzene ring substituents is 1. The molecule has 138 valence electrons. The number of hydrogen-bond acceptors (Lipinski definition) is 7. The summed E-state index contributed by atoms with van der Waals surface area (Å²) in [5, 5.41) is 10.9. The lowest BCUT2D eigenvalue weighted by atomic mass is 10.3. The first-order valence-electron chi connectivity index (χ1n) is 7.32. The minimum absolute atomic E-state index is 0.0399. The Balaban J connectivity index is 2.68. The molecule has 2 aromatic carbocycles. The third kappa shape index (κ3) is 3.92. The van der Waals surface area contributed by atoms with Crippen molar-refractivity contribution in [1.82, 2.24) is 0 Å². The van der Waals surface area contributed by atoms with Crippen LogP contribution < -0.4 is 0 Å². The van der Waals surface area contributed by atoms with Gasteiger partial charge in [-0.15, -0.1) is 0 Å². The molecular weight excluding hydrogens is 382 g/mol. The molecule has 8 nitrogen and oxygen atoms in total. The molecule has 10 heteroatoms. The van der Waals surface area contributed by atoms with E-state index in [-0.39, 0.29) is 11.5 Å². The summed E-state index contributed by atoms with van der Waals surface area (Å²) in [6.45, 7) is 1.60. The third-order valence-electron chi connectivity index (χ3n) is 3.27. The Kier molecular flexibility index (Phi) is 5.78. The van der Waals surface area contributed by atoms with Crippen molar-refractivity contribution in [2.75, 3.05) is 6.61 Å². The molecule has 0 radical (unpaired) electrons. The fourth-order valence-electron chi connectivity index (χ4n) is 2.02. The highest BCUT2D eigenvalue weighted by molar-refractivity contribution is 8.14. The highest BCUT2D eigenvalue weighted by Gasteiger charge is 2.35. The number of benzene rings is 2. The smallest absolute Gasteiger partial charge is 0.270 e. The topological polar surface area (TPSA) is 121 Å². The molecule has 2 rings (SSSR count). The summed E-state index contributed by atoms with van der Waals surface area (Å²) < 4.78 is 55.3. The van der Waals surface area contributed by atoms with Gasteiger partial charge in [-0.25, -0.2) is 16.8 Å². The molecule has 0 N–H and O–H groups in total. The van der Waals surface area contributed by atoms with Gasteiger partial charge in [-0.3, -0.25) is 10.1 Å². The zero-order valence-electron chi connectivity index (χ0n) is 13.6. The molecule has 0 amide bonds. The Morgan fingerprint density at radius 2 is 1.58 bits per heavy atom. The van der Waals surface area contributed by atoms with Gasteiger partial charge in [0.05, 0.1) is 21.3 Å². The lowest BCUT2D eigenvalue weighted by molar-refractivity contribution is -0.385. The Morgan fingerprint density at radius 1 is 1.00 bits per heavy atom. The molecule has 0 spiro atoms. The van der Waals surface area contributed by atoms with E-state index >= 15 is 0 Å². The molecule has 2 aromatic rings. The Labute approximate surface area is 150 Å². The molecule has 0 bridgehead atoms. The van der Waals surface area contributed by atoms with Crippen LogP contribution in [0, 0.1) is 10.1 Å². The highest BCUT2D eigenvalue weighted by Crippen LogP contribution is 2.30. The predicted octanol–water partition coefficient (Wildman–Crippen LogP) is 2.68. The molecule has 0 aliphatic heterocycles. The Hall–Kier alpha value is -2.72. The monoisotopic (exact) mass is 397 g/mol. The van der Waals surface area contributed by atoms with Crippen LogP contribution in [0.15, 0.2) is 74.9 Å². The maximum Gasteiger partial charge on any atom is 0.270 e. The molecule has 0 fully saturated rings. The van der Waals surface area contributed by atoms with Gasteiger partial charge in [0.15, 0.2) is 0 Å². The van der Waals surface area contributed by atoms with Gasteiger partial charge < -0.3 is 4.74 Å². The summed E-state index contributed by atoms with van der Waals surface area (Å²) in [6.07, 6.45) is 0.649. The fraction of sp³-hybridized carbons (Fsp3) is 0.125. The summed E-state index contributed by atoms with van der Waals surface area (Å²) in [7, 11) is -9.03. The van der Waals surface area contributed by atoms with E-state index in [1.807, 2.05) is 0 Å². The highest BCUT2D eigenvalue weighted by atomic mass is 32.3. The van der Waals surface area contributed by atoms with Crippen molar-refractivity contribution in [2.45, 2.75) is 16.7 Å². The summed E-state index contributed by atoms with van der Waals surface area (Å²) in [4.78, 5) is 9.37. The third-order valence-corrected chi connectivity index (χ3v) is 7.60. The van der Waals surface area contributed by atoms with Crippen LogP contribution in [-0.2, 0) is 24.4 Å². The second kappa shape index (κ2) is 7.67. The van der Waals surface area contributed by atoms with E-state index in [2.05, 4.69) is 0 Å². The van der Waals surface area contributed by atoms with Crippen LogP contribution >= 0.6 is 0 Å². The molecule has 0 aromatic heterocycles. The van der Waals surface area contributed by atoms with Crippen molar-refractivity contribution in [1.29, 1.82) is 0 Å². The van der Waals surface area contributed by atoms with Crippen molar-refractivity contribution in [3.8, 4) is 0 Å². The minimum Gasteiger partial charge on any atom is -0.499 e. The Morgan fingerprint density at radius 3 is 2.15 bits per heavy atom. The van der Waals surface area contributed by atoms with Gasteiger partial charge >= 0.3 is 0 Å². The molecule has 0 unspecified atom stereocenters. The van der Waals surface area contributed by atoms with Crippen LogP contribution in [0.4, 0.5) is 5.69 Å². The first-order chi connectivity index (χ1) is 12.2. The average molecular weight is 397 g/mol. The van der Waals surface area contributed by atoms with E-state index in [4.69, 9.17) is 4.74 Å². The Bertz CT molecular complexity index is 1040. The molecule has 0 saturated carbocycles. The number of hydrogen-bond donors (Lipinski definition) is 0. The van der Waals surface area contributed by atoms with Gasteiger partial charge in [-0.2, -0.15) is 0 Å². The lowest BCUT2D eigenvalue weighted by Crippen LogP contribution is -2.16. The zero-order valence-corrected chi connectivity index (χ0v) is 15.2. The molecule has 0 atom stereocenters. The zero-order chi connectivity index (χ0) is 19.4. The van der Waals surface area contributed by atoms with Crippen LogP contribution in [0.2, 0.25) is 0 Å². The quantitative estimate of drug-likeness (QED) is 0.400.